The van der Waals surface area contributed by atoms with Crippen LogP contribution in [-0.2, 0) is 14.3 Å². The topological polar surface area (TPSA) is 96.5 Å². The number of ether oxygens (including phenoxy) is 1. The summed E-state index contributed by atoms with van der Waals surface area (Å²) in [6, 6.07) is 0. The number of carbonyl (C=O) groups is 3. The number of allylic oxidation sites excluding steroid dienone is 1. The van der Waals surface area contributed by atoms with E-state index in [9.17, 15) is 14.4 Å². The van der Waals surface area contributed by atoms with Gasteiger partial charge in [-0.25, -0.2) is 4.79 Å². The lowest BCUT2D eigenvalue weighted by Gasteiger charge is -2.19. The molecule has 0 aromatic carbocycles. The van der Waals surface area contributed by atoms with E-state index in [-0.39, 0.29) is 24.9 Å². The number of hydrogen-bond acceptors (Lipinski definition) is 4. The van der Waals surface area contributed by atoms with Gasteiger partial charge in [0.25, 0.3) is 0 Å². The summed E-state index contributed by atoms with van der Waals surface area (Å²) in [5.41, 5.74) is -0.600. The zero-order valence-electron chi connectivity index (χ0n) is 12.4. The first-order valence-corrected chi connectivity index (χ1v) is 6.38. The Kier molecular flexibility index (Phi) is 8.03. The summed E-state index contributed by atoms with van der Waals surface area (Å²) in [4.78, 5) is 33.7. The number of alkyl carbamates (subject to hydrolysis) is 1. The maximum Gasteiger partial charge on any atom is 0.408 e. The SMILES string of the molecule is C/C=C/C(=O)NCCNC(=O)CNC(=O)OC(C)(C)C. The first-order valence-electron chi connectivity index (χ1n) is 6.38. The smallest absolute Gasteiger partial charge is 0.408 e. The largest absolute Gasteiger partial charge is 0.444 e. The highest BCUT2D eigenvalue weighted by molar-refractivity contribution is 5.87. The summed E-state index contributed by atoms with van der Waals surface area (Å²) in [5.74, 6) is -0.565. The molecule has 0 unspecified atom stereocenters. The summed E-state index contributed by atoms with van der Waals surface area (Å²) in [6.07, 6.45) is 2.37. The second kappa shape index (κ2) is 8.95. The Hall–Kier alpha value is -2.05. The third kappa shape index (κ3) is 11.1. The average molecular weight is 285 g/mol. The number of rotatable bonds is 6. The van der Waals surface area contributed by atoms with Crippen LogP contribution in [-0.4, -0.2) is 43.1 Å². The van der Waals surface area contributed by atoms with Crippen molar-refractivity contribution in [2.45, 2.75) is 33.3 Å². The van der Waals surface area contributed by atoms with Crippen molar-refractivity contribution >= 4 is 17.9 Å². The fourth-order valence-corrected chi connectivity index (χ4v) is 1.13. The van der Waals surface area contributed by atoms with Crippen molar-refractivity contribution in [2.24, 2.45) is 0 Å². The van der Waals surface area contributed by atoms with Crippen molar-refractivity contribution in [3.8, 4) is 0 Å². The van der Waals surface area contributed by atoms with Crippen molar-refractivity contribution in [3.63, 3.8) is 0 Å². The van der Waals surface area contributed by atoms with Crippen LogP contribution in [0.1, 0.15) is 27.7 Å². The van der Waals surface area contributed by atoms with Crippen molar-refractivity contribution in [3.05, 3.63) is 12.2 Å². The monoisotopic (exact) mass is 285 g/mol. The average Bonchev–Trinajstić information content (AvgIpc) is 2.30. The van der Waals surface area contributed by atoms with Crippen LogP contribution in [0.15, 0.2) is 12.2 Å². The Morgan fingerprint density at radius 1 is 1.05 bits per heavy atom. The normalized spacial score (nSPS) is 11.0. The lowest BCUT2D eigenvalue weighted by molar-refractivity contribution is -0.120. The maximum absolute atomic E-state index is 11.4. The summed E-state index contributed by atoms with van der Waals surface area (Å²) in [6.45, 7) is 7.39. The lowest BCUT2D eigenvalue weighted by atomic mass is 10.2. The predicted octanol–water partition coefficient (Wildman–Crippen LogP) is 0.320. The van der Waals surface area contributed by atoms with Gasteiger partial charge in [0.15, 0.2) is 0 Å². The van der Waals surface area contributed by atoms with E-state index >= 15 is 0 Å². The highest BCUT2D eigenvalue weighted by Crippen LogP contribution is 2.05. The molecular weight excluding hydrogens is 262 g/mol. The number of nitrogens with one attached hydrogen (secondary N) is 3. The lowest BCUT2D eigenvalue weighted by Crippen LogP contribution is -2.41. The Labute approximate surface area is 119 Å². The molecule has 0 atom stereocenters. The van der Waals surface area contributed by atoms with Gasteiger partial charge in [-0.1, -0.05) is 6.08 Å². The molecule has 0 saturated heterocycles. The minimum Gasteiger partial charge on any atom is -0.444 e. The van der Waals surface area contributed by atoms with Crippen LogP contribution in [0.25, 0.3) is 0 Å². The van der Waals surface area contributed by atoms with Crippen LogP contribution in [0.3, 0.4) is 0 Å². The molecule has 0 saturated carbocycles. The van der Waals surface area contributed by atoms with Crippen LogP contribution in [0.2, 0.25) is 0 Å². The zero-order valence-corrected chi connectivity index (χ0v) is 12.4. The molecule has 20 heavy (non-hydrogen) atoms. The molecule has 114 valence electrons. The molecular formula is C13H23N3O4. The van der Waals surface area contributed by atoms with Gasteiger partial charge in [-0.05, 0) is 33.8 Å². The summed E-state index contributed by atoms with van der Waals surface area (Å²) < 4.78 is 4.98. The molecule has 3 N–H and O–H groups in total. The third-order valence-electron chi connectivity index (χ3n) is 1.86. The molecule has 0 aromatic rings. The Morgan fingerprint density at radius 2 is 1.65 bits per heavy atom. The predicted molar refractivity (Wildman–Crippen MR) is 75.1 cm³/mol. The first kappa shape index (κ1) is 17.9. The molecule has 7 nitrogen and oxygen atoms in total. The number of carbonyl (C=O) groups excluding carboxylic acids is 3. The van der Waals surface area contributed by atoms with Crippen molar-refractivity contribution in [2.75, 3.05) is 19.6 Å². The molecule has 0 aromatic heterocycles. The van der Waals surface area contributed by atoms with Crippen molar-refractivity contribution in [1.82, 2.24) is 16.0 Å². The summed E-state index contributed by atoms with van der Waals surface area (Å²) in [5, 5.41) is 7.47. The van der Waals surface area contributed by atoms with E-state index in [2.05, 4.69) is 16.0 Å². The second-order valence-electron chi connectivity index (χ2n) is 5.00. The molecule has 0 aliphatic carbocycles. The van der Waals surface area contributed by atoms with Gasteiger partial charge in [-0.3, -0.25) is 9.59 Å². The highest BCUT2D eigenvalue weighted by atomic mass is 16.6. The molecule has 0 spiro atoms. The van der Waals surface area contributed by atoms with Crippen LogP contribution in [0.5, 0.6) is 0 Å². The third-order valence-corrected chi connectivity index (χ3v) is 1.86. The highest BCUT2D eigenvalue weighted by Gasteiger charge is 2.16. The van der Waals surface area contributed by atoms with Gasteiger partial charge in [0.2, 0.25) is 11.8 Å². The summed E-state index contributed by atoms with van der Waals surface area (Å²) >= 11 is 0. The van der Waals surface area contributed by atoms with Gasteiger partial charge in [0.1, 0.15) is 5.60 Å². The van der Waals surface area contributed by atoms with E-state index in [0.717, 1.165) is 0 Å². The number of hydrogen-bond donors (Lipinski definition) is 3. The Balaban J connectivity index is 3.69. The maximum atomic E-state index is 11.4. The van der Waals surface area contributed by atoms with Crippen LogP contribution < -0.4 is 16.0 Å². The fourth-order valence-electron chi connectivity index (χ4n) is 1.13. The van der Waals surface area contributed by atoms with Crippen molar-refractivity contribution < 1.29 is 19.1 Å². The quantitative estimate of drug-likeness (QED) is 0.483. The van der Waals surface area contributed by atoms with E-state index in [1.165, 1.54) is 6.08 Å². The van der Waals surface area contributed by atoms with Gasteiger partial charge in [0, 0.05) is 13.1 Å². The van der Waals surface area contributed by atoms with E-state index in [1.807, 2.05) is 0 Å². The Bertz CT molecular complexity index is 372. The standard InChI is InChI=1S/C13H23N3O4/c1-5-6-10(17)14-7-8-15-11(18)9-16-12(19)20-13(2,3)4/h5-6H,7-9H2,1-4H3,(H,14,17)(H,15,18)(H,16,19)/b6-5+. The van der Waals surface area contributed by atoms with Crippen LogP contribution in [0, 0.1) is 0 Å². The fraction of sp³-hybridized carbons (Fsp3) is 0.615. The zero-order chi connectivity index (χ0) is 15.6. The van der Waals surface area contributed by atoms with E-state index < -0.39 is 11.7 Å². The minimum atomic E-state index is -0.644. The molecule has 0 fully saturated rings. The van der Waals surface area contributed by atoms with Crippen molar-refractivity contribution in [1.29, 1.82) is 0 Å². The molecule has 0 heterocycles. The van der Waals surface area contributed by atoms with E-state index in [0.29, 0.717) is 6.54 Å². The second-order valence-corrected chi connectivity index (χ2v) is 5.00. The van der Waals surface area contributed by atoms with E-state index in [4.69, 9.17) is 4.74 Å². The van der Waals surface area contributed by atoms with Crippen LogP contribution in [0.4, 0.5) is 4.79 Å². The van der Waals surface area contributed by atoms with Gasteiger partial charge < -0.3 is 20.7 Å². The molecule has 3 amide bonds. The van der Waals surface area contributed by atoms with Gasteiger partial charge in [-0.2, -0.15) is 0 Å². The molecule has 0 radical (unpaired) electrons. The Morgan fingerprint density at radius 3 is 2.20 bits per heavy atom. The van der Waals surface area contributed by atoms with Gasteiger partial charge in [-0.15, -0.1) is 0 Å². The minimum absolute atomic E-state index is 0.169. The first-order chi connectivity index (χ1) is 9.24. The molecule has 7 heteroatoms. The molecule has 0 rings (SSSR count). The summed E-state index contributed by atoms with van der Waals surface area (Å²) in [7, 11) is 0. The molecule has 0 aliphatic heterocycles. The van der Waals surface area contributed by atoms with Gasteiger partial charge >= 0.3 is 6.09 Å². The molecule has 0 bridgehead atoms. The van der Waals surface area contributed by atoms with Gasteiger partial charge in [0.05, 0.1) is 6.54 Å². The van der Waals surface area contributed by atoms with Crippen LogP contribution >= 0.6 is 0 Å². The molecule has 0 aliphatic rings. The number of amides is 3. The van der Waals surface area contributed by atoms with E-state index in [1.54, 1.807) is 33.8 Å².